The Balaban J connectivity index is 0. The molecule has 0 saturated carbocycles. The van der Waals surface area contributed by atoms with Crippen LogP contribution >= 0.6 is 0 Å². The molecule has 0 aliphatic heterocycles. The van der Waals surface area contributed by atoms with Gasteiger partial charge in [-0.2, -0.15) is 0 Å². The topological polar surface area (TPSA) is 52.6 Å². The summed E-state index contributed by atoms with van der Waals surface area (Å²) in [4.78, 5) is 10.1. The summed E-state index contributed by atoms with van der Waals surface area (Å²) in [5.74, 6) is -0.663. The Morgan fingerprint density at radius 3 is 1.62 bits per heavy atom. The van der Waals surface area contributed by atoms with Crippen LogP contribution in [0.1, 0.15) is 118 Å². The average molecular weight is 373 g/mol. The SMILES string of the molecule is CCCCCCCCCC(=O)O.CCCCNN(CCCC)CCCC. The van der Waals surface area contributed by atoms with Crippen LogP contribution in [0.15, 0.2) is 0 Å². The summed E-state index contributed by atoms with van der Waals surface area (Å²) in [5.41, 5.74) is 3.52. The molecule has 158 valence electrons. The van der Waals surface area contributed by atoms with Crippen LogP contribution in [-0.2, 0) is 4.79 Å². The highest BCUT2D eigenvalue weighted by Gasteiger charge is 2.01. The third kappa shape index (κ3) is 25.6. The number of carboxylic acids is 1. The normalized spacial score (nSPS) is 10.7. The van der Waals surface area contributed by atoms with E-state index >= 15 is 0 Å². The number of carboxylic acid groups (broad SMARTS) is 1. The van der Waals surface area contributed by atoms with Gasteiger partial charge in [0.2, 0.25) is 0 Å². The van der Waals surface area contributed by atoms with Crippen molar-refractivity contribution in [2.45, 2.75) is 118 Å². The molecule has 0 aromatic carbocycles. The first-order valence-corrected chi connectivity index (χ1v) is 11.3. The van der Waals surface area contributed by atoms with Gasteiger partial charge in [-0.3, -0.25) is 10.2 Å². The van der Waals surface area contributed by atoms with Gasteiger partial charge in [0.1, 0.15) is 0 Å². The number of carbonyl (C=O) groups is 1. The van der Waals surface area contributed by atoms with E-state index in [1.807, 2.05) is 0 Å². The molecule has 4 nitrogen and oxygen atoms in total. The van der Waals surface area contributed by atoms with Gasteiger partial charge in [0.05, 0.1) is 0 Å². The fourth-order valence-electron chi connectivity index (χ4n) is 2.62. The highest BCUT2D eigenvalue weighted by molar-refractivity contribution is 5.66. The minimum absolute atomic E-state index is 0.341. The number of hydrazine groups is 1. The van der Waals surface area contributed by atoms with E-state index in [0.29, 0.717) is 6.42 Å². The number of rotatable bonds is 18. The maximum Gasteiger partial charge on any atom is 0.303 e. The number of hydrogen-bond donors (Lipinski definition) is 2. The van der Waals surface area contributed by atoms with E-state index in [0.717, 1.165) is 19.4 Å². The molecule has 4 heteroatoms. The predicted octanol–water partition coefficient (Wildman–Crippen LogP) is 6.41. The molecule has 0 aromatic rings. The molecule has 0 radical (unpaired) electrons. The monoisotopic (exact) mass is 372 g/mol. The zero-order valence-electron chi connectivity index (χ0n) is 18.3. The molecular weight excluding hydrogens is 324 g/mol. The third-order valence-corrected chi connectivity index (χ3v) is 4.42. The Kier molecular flexibility index (Phi) is 25.9. The fraction of sp³-hybridized carbons (Fsp3) is 0.955. The van der Waals surface area contributed by atoms with E-state index in [4.69, 9.17) is 5.11 Å². The maximum atomic E-state index is 10.1. The van der Waals surface area contributed by atoms with E-state index in [-0.39, 0.29) is 0 Å². The van der Waals surface area contributed by atoms with E-state index in [1.165, 1.54) is 83.7 Å². The number of nitrogens with one attached hydrogen (secondary N) is 1. The fourth-order valence-corrected chi connectivity index (χ4v) is 2.62. The van der Waals surface area contributed by atoms with Crippen molar-refractivity contribution < 1.29 is 9.90 Å². The first-order chi connectivity index (χ1) is 12.6. The van der Waals surface area contributed by atoms with Crippen LogP contribution in [-0.4, -0.2) is 35.7 Å². The van der Waals surface area contributed by atoms with Crippen molar-refractivity contribution >= 4 is 5.97 Å². The molecule has 0 unspecified atom stereocenters. The molecule has 0 spiro atoms. The number of hydrogen-bond acceptors (Lipinski definition) is 3. The molecule has 26 heavy (non-hydrogen) atoms. The van der Waals surface area contributed by atoms with Crippen LogP contribution in [0.5, 0.6) is 0 Å². The van der Waals surface area contributed by atoms with Crippen LogP contribution in [0.25, 0.3) is 0 Å². The Morgan fingerprint density at radius 2 is 1.15 bits per heavy atom. The van der Waals surface area contributed by atoms with Crippen molar-refractivity contribution in [3.05, 3.63) is 0 Å². The minimum Gasteiger partial charge on any atom is -0.481 e. The molecule has 0 rings (SSSR count). The van der Waals surface area contributed by atoms with Crippen LogP contribution in [0.4, 0.5) is 0 Å². The van der Waals surface area contributed by atoms with Gasteiger partial charge >= 0.3 is 5.97 Å². The molecule has 0 aromatic heterocycles. The van der Waals surface area contributed by atoms with E-state index in [2.05, 4.69) is 38.1 Å². The zero-order valence-corrected chi connectivity index (χ0v) is 18.3. The van der Waals surface area contributed by atoms with Gasteiger partial charge in [0.25, 0.3) is 0 Å². The third-order valence-electron chi connectivity index (χ3n) is 4.42. The Hall–Kier alpha value is -0.610. The van der Waals surface area contributed by atoms with Gasteiger partial charge in [-0.1, -0.05) is 85.5 Å². The van der Waals surface area contributed by atoms with Crippen molar-refractivity contribution in [1.82, 2.24) is 10.4 Å². The number of nitrogens with zero attached hydrogens (tertiary/aromatic N) is 1. The first-order valence-electron chi connectivity index (χ1n) is 11.3. The lowest BCUT2D eigenvalue weighted by Crippen LogP contribution is -2.39. The maximum absolute atomic E-state index is 10.1. The summed E-state index contributed by atoms with van der Waals surface area (Å²) in [6, 6.07) is 0. The quantitative estimate of drug-likeness (QED) is 0.216. The van der Waals surface area contributed by atoms with Gasteiger partial charge < -0.3 is 5.11 Å². The Morgan fingerprint density at radius 1 is 0.692 bits per heavy atom. The van der Waals surface area contributed by atoms with Crippen molar-refractivity contribution in [2.24, 2.45) is 0 Å². The van der Waals surface area contributed by atoms with E-state index in [9.17, 15) is 4.79 Å². The smallest absolute Gasteiger partial charge is 0.303 e. The molecule has 0 saturated heterocycles. The molecule has 0 amide bonds. The predicted molar refractivity (Wildman–Crippen MR) is 115 cm³/mol. The molecule has 0 aliphatic carbocycles. The zero-order chi connectivity index (χ0) is 19.9. The molecule has 0 heterocycles. The average Bonchev–Trinajstić information content (AvgIpc) is 2.63. The van der Waals surface area contributed by atoms with Crippen LogP contribution in [0.2, 0.25) is 0 Å². The summed E-state index contributed by atoms with van der Waals surface area (Å²) < 4.78 is 0. The molecular formula is C22H48N2O2. The lowest BCUT2D eigenvalue weighted by atomic mass is 10.1. The second-order valence-electron chi connectivity index (χ2n) is 7.22. The number of aliphatic carboxylic acids is 1. The molecule has 0 aliphatic rings. The summed E-state index contributed by atoms with van der Waals surface area (Å²) in [6.45, 7) is 12.5. The summed E-state index contributed by atoms with van der Waals surface area (Å²) >= 11 is 0. The Labute approximate surface area is 164 Å². The van der Waals surface area contributed by atoms with Crippen molar-refractivity contribution in [1.29, 1.82) is 0 Å². The molecule has 2 N–H and O–H groups in total. The second-order valence-corrected chi connectivity index (χ2v) is 7.22. The van der Waals surface area contributed by atoms with Gasteiger partial charge in [0, 0.05) is 26.1 Å². The first kappa shape index (κ1) is 27.6. The lowest BCUT2D eigenvalue weighted by molar-refractivity contribution is -0.137. The van der Waals surface area contributed by atoms with Crippen molar-refractivity contribution in [3.8, 4) is 0 Å². The van der Waals surface area contributed by atoms with Crippen molar-refractivity contribution in [2.75, 3.05) is 19.6 Å². The Bertz CT molecular complexity index is 265. The summed E-state index contributed by atoms with van der Waals surface area (Å²) in [6.07, 6.45) is 16.4. The highest BCUT2D eigenvalue weighted by atomic mass is 16.4. The van der Waals surface area contributed by atoms with Crippen LogP contribution in [0.3, 0.4) is 0 Å². The highest BCUT2D eigenvalue weighted by Crippen LogP contribution is 2.07. The molecule has 0 bridgehead atoms. The van der Waals surface area contributed by atoms with Gasteiger partial charge in [-0.15, -0.1) is 0 Å². The van der Waals surface area contributed by atoms with Crippen LogP contribution in [0, 0.1) is 0 Å². The standard InChI is InChI=1S/C12H28N2.C10H20O2/c1-4-7-10-13-14(11-8-5-2)12-9-6-3;1-2-3-4-5-6-7-8-9-10(11)12/h13H,4-12H2,1-3H3;2-9H2,1H3,(H,11,12). The van der Waals surface area contributed by atoms with Gasteiger partial charge in [-0.25, -0.2) is 5.01 Å². The minimum atomic E-state index is -0.663. The summed E-state index contributed by atoms with van der Waals surface area (Å²) in [7, 11) is 0. The molecule has 0 atom stereocenters. The number of unbranched alkanes of at least 4 members (excludes halogenated alkanes) is 9. The van der Waals surface area contributed by atoms with E-state index < -0.39 is 5.97 Å². The second kappa shape index (κ2) is 24.4. The van der Waals surface area contributed by atoms with Crippen LogP contribution < -0.4 is 5.43 Å². The molecule has 0 fully saturated rings. The lowest BCUT2D eigenvalue weighted by Gasteiger charge is -2.22. The van der Waals surface area contributed by atoms with Crippen molar-refractivity contribution in [3.63, 3.8) is 0 Å². The van der Waals surface area contributed by atoms with Gasteiger partial charge in [0.15, 0.2) is 0 Å². The van der Waals surface area contributed by atoms with Gasteiger partial charge in [-0.05, 0) is 25.7 Å². The largest absolute Gasteiger partial charge is 0.481 e. The summed E-state index contributed by atoms with van der Waals surface area (Å²) in [5, 5.41) is 10.8. The van der Waals surface area contributed by atoms with E-state index in [1.54, 1.807) is 0 Å².